The Labute approximate surface area is 122 Å². The Kier molecular flexibility index (Phi) is 7.97. The molecule has 3 nitrogen and oxygen atoms in total. The first-order valence-corrected chi connectivity index (χ1v) is 7.48. The Bertz CT molecular complexity index is 402. The standard InChI is InChI=1S/C17H27NO2/c1-14(2)13-20-11-5-10-18-17(19)9-8-16-7-4-6-15(3)12-16/h4,6-7,12,14H,5,8-11,13H2,1-3H3,(H,18,19). The van der Waals surface area contributed by atoms with Crippen LogP contribution < -0.4 is 5.32 Å². The summed E-state index contributed by atoms with van der Waals surface area (Å²) in [6.07, 6.45) is 2.23. The molecule has 1 amide bonds. The number of carbonyl (C=O) groups excluding carboxylic acids is 1. The topological polar surface area (TPSA) is 38.3 Å². The number of amides is 1. The number of hydrogen-bond donors (Lipinski definition) is 1. The smallest absolute Gasteiger partial charge is 0.220 e. The molecular formula is C17H27NO2. The van der Waals surface area contributed by atoms with Crippen molar-refractivity contribution < 1.29 is 9.53 Å². The van der Waals surface area contributed by atoms with E-state index in [-0.39, 0.29) is 5.91 Å². The molecule has 0 atom stereocenters. The van der Waals surface area contributed by atoms with Crippen molar-refractivity contribution in [3.63, 3.8) is 0 Å². The number of carbonyl (C=O) groups is 1. The molecular weight excluding hydrogens is 250 g/mol. The SMILES string of the molecule is Cc1cccc(CCC(=O)NCCCOCC(C)C)c1. The minimum Gasteiger partial charge on any atom is -0.381 e. The van der Waals surface area contributed by atoms with Gasteiger partial charge in [-0.15, -0.1) is 0 Å². The third-order valence-corrected chi connectivity index (χ3v) is 2.96. The van der Waals surface area contributed by atoms with Gasteiger partial charge in [0.15, 0.2) is 0 Å². The first-order valence-electron chi connectivity index (χ1n) is 7.48. The van der Waals surface area contributed by atoms with Crippen LogP contribution >= 0.6 is 0 Å². The van der Waals surface area contributed by atoms with E-state index >= 15 is 0 Å². The van der Waals surface area contributed by atoms with Crippen LogP contribution in [0.5, 0.6) is 0 Å². The quantitative estimate of drug-likeness (QED) is 0.704. The van der Waals surface area contributed by atoms with Gasteiger partial charge in [-0.1, -0.05) is 43.7 Å². The maximum Gasteiger partial charge on any atom is 0.220 e. The second-order valence-corrected chi connectivity index (χ2v) is 5.66. The second kappa shape index (κ2) is 9.54. The molecule has 20 heavy (non-hydrogen) atoms. The van der Waals surface area contributed by atoms with E-state index in [0.29, 0.717) is 18.9 Å². The van der Waals surface area contributed by atoms with E-state index in [4.69, 9.17) is 4.74 Å². The normalized spacial score (nSPS) is 10.8. The molecule has 0 aliphatic heterocycles. The lowest BCUT2D eigenvalue weighted by molar-refractivity contribution is -0.121. The fourth-order valence-corrected chi connectivity index (χ4v) is 1.93. The van der Waals surface area contributed by atoms with Crippen molar-refractivity contribution in [2.45, 2.75) is 40.0 Å². The van der Waals surface area contributed by atoms with E-state index in [1.54, 1.807) is 0 Å². The Morgan fingerprint density at radius 3 is 2.85 bits per heavy atom. The van der Waals surface area contributed by atoms with Gasteiger partial charge in [0.2, 0.25) is 5.91 Å². The van der Waals surface area contributed by atoms with Gasteiger partial charge < -0.3 is 10.1 Å². The second-order valence-electron chi connectivity index (χ2n) is 5.66. The molecule has 1 aromatic rings. The number of rotatable bonds is 9. The number of hydrogen-bond acceptors (Lipinski definition) is 2. The summed E-state index contributed by atoms with van der Waals surface area (Å²) in [5.74, 6) is 0.689. The van der Waals surface area contributed by atoms with Gasteiger partial charge in [0.1, 0.15) is 0 Å². The van der Waals surface area contributed by atoms with Crippen LogP contribution in [0.1, 0.15) is 37.8 Å². The molecule has 0 spiro atoms. The highest BCUT2D eigenvalue weighted by Gasteiger charge is 2.02. The van der Waals surface area contributed by atoms with Crippen LogP contribution in [-0.2, 0) is 16.0 Å². The zero-order chi connectivity index (χ0) is 14.8. The monoisotopic (exact) mass is 277 g/mol. The minimum absolute atomic E-state index is 0.121. The molecule has 1 aromatic carbocycles. The minimum atomic E-state index is 0.121. The van der Waals surface area contributed by atoms with Gasteiger partial charge in [0.25, 0.3) is 0 Å². The van der Waals surface area contributed by atoms with Crippen LogP contribution in [0.2, 0.25) is 0 Å². The Hall–Kier alpha value is -1.35. The third-order valence-electron chi connectivity index (χ3n) is 2.96. The van der Waals surface area contributed by atoms with E-state index in [2.05, 4.69) is 44.3 Å². The molecule has 0 unspecified atom stereocenters. The summed E-state index contributed by atoms with van der Waals surface area (Å²) in [6, 6.07) is 8.31. The van der Waals surface area contributed by atoms with Crippen LogP contribution in [0.4, 0.5) is 0 Å². The third kappa shape index (κ3) is 7.95. The van der Waals surface area contributed by atoms with Crippen molar-refractivity contribution in [1.82, 2.24) is 5.32 Å². The van der Waals surface area contributed by atoms with Crippen LogP contribution in [0.15, 0.2) is 24.3 Å². The van der Waals surface area contributed by atoms with Crippen LogP contribution in [0, 0.1) is 12.8 Å². The average molecular weight is 277 g/mol. The van der Waals surface area contributed by atoms with Gasteiger partial charge >= 0.3 is 0 Å². The predicted molar refractivity (Wildman–Crippen MR) is 82.8 cm³/mol. The summed E-state index contributed by atoms with van der Waals surface area (Å²) < 4.78 is 5.47. The molecule has 0 bridgehead atoms. The molecule has 3 heteroatoms. The van der Waals surface area contributed by atoms with Gasteiger partial charge in [-0.2, -0.15) is 0 Å². The number of aryl methyl sites for hydroxylation is 2. The van der Waals surface area contributed by atoms with E-state index in [0.717, 1.165) is 26.1 Å². The van der Waals surface area contributed by atoms with Crippen molar-refractivity contribution >= 4 is 5.91 Å². The highest BCUT2D eigenvalue weighted by Crippen LogP contribution is 2.06. The molecule has 0 aliphatic rings. The highest BCUT2D eigenvalue weighted by molar-refractivity contribution is 5.76. The molecule has 0 aliphatic carbocycles. The lowest BCUT2D eigenvalue weighted by atomic mass is 10.1. The van der Waals surface area contributed by atoms with Gasteiger partial charge in [-0.05, 0) is 31.2 Å². The summed E-state index contributed by atoms with van der Waals surface area (Å²) in [5.41, 5.74) is 2.46. The summed E-state index contributed by atoms with van der Waals surface area (Å²) in [5, 5.41) is 2.94. The Balaban J connectivity index is 2.06. The molecule has 0 radical (unpaired) electrons. The van der Waals surface area contributed by atoms with Crippen LogP contribution in [0.25, 0.3) is 0 Å². The zero-order valence-electron chi connectivity index (χ0n) is 12.9. The van der Waals surface area contributed by atoms with Gasteiger partial charge in [-0.3, -0.25) is 4.79 Å². The Morgan fingerprint density at radius 2 is 2.15 bits per heavy atom. The van der Waals surface area contributed by atoms with Gasteiger partial charge in [0.05, 0.1) is 0 Å². The van der Waals surface area contributed by atoms with E-state index < -0.39 is 0 Å². The summed E-state index contributed by atoms with van der Waals surface area (Å²) >= 11 is 0. The van der Waals surface area contributed by atoms with Crippen LogP contribution in [-0.4, -0.2) is 25.7 Å². The molecule has 0 fully saturated rings. The van der Waals surface area contributed by atoms with Crippen LogP contribution in [0.3, 0.4) is 0 Å². The fourth-order valence-electron chi connectivity index (χ4n) is 1.93. The highest BCUT2D eigenvalue weighted by atomic mass is 16.5. The van der Waals surface area contributed by atoms with Crippen molar-refractivity contribution in [3.8, 4) is 0 Å². The number of nitrogens with one attached hydrogen (secondary N) is 1. The van der Waals surface area contributed by atoms with Crippen molar-refractivity contribution in [3.05, 3.63) is 35.4 Å². The molecule has 0 heterocycles. The zero-order valence-corrected chi connectivity index (χ0v) is 12.9. The number of benzene rings is 1. The largest absolute Gasteiger partial charge is 0.381 e. The average Bonchev–Trinajstić information content (AvgIpc) is 2.40. The predicted octanol–water partition coefficient (Wildman–Crippen LogP) is 3.11. The molecule has 112 valence electrons. The summed E-state index contributed by atoms with van der Waals surface area (Å²) in [4.78, 5) is 11.7. The maximum absolute atomic E-state index is 11.7. The lowest BCUT2D eigenvalue weighted by Gasteiger charge is -2.08. The number of ether oxygens (including phenoxy) is 1. The molecule has 0 aromatic heterocycles. The van der Waals surface area contributed by atoms with Gasteiger partial charge in [0, 0.05) is 26.2 Å². The molecule has 0 saturated heterocycles. The van der Waals surface area contributed by atoms with Crippen molar-refractivity contribution in [1.29, 1.82) is 0 Å². The van der Waals surface area contributed by atoms with E-state index in [9.17, 15) is 4.79 Å². The summed E-state index contributed by atoms with van der Waals surface area (Å²) in [7, 11) is 0. The molecule has 1 rings (SSSR count). The lowest BCUT2D eigenvalue weighted by Crippen LogP contribution is -2.25. The summed E-state index contributed by atoms with van der Waals surface area (Å²) in [6.45, 7) is 8.54. The van der Waals surface area contributed by atoms with Gasteiger partial charge in [-0.25, -0.2) is 0 Å². The fraction of sp³-hybridized carbons (Fsp3) is 0.588. The van der Waals surface area contributed by atoms with E-state index in [1.165, 1.54) is 11.1 Å². The van der Waals surface area contributed by atoms with Crippen molar-refractivity contribution in [2.75, 3.05) is 19.8 Å². The molecule has 1 N–H and O–H groups in total. The maximum atomic E-state index is 11.7. The Morgan fingerprint density at radius 1 is 1.35 bits per heavy atom. The van der Waals surface area contributed by atoms with E-state index in [1.807, 2.05) is 6.07 Å². The first-order chi connectivity index (χ1) is 9.58. The first kappa shape index (κ1) is 16.7. The molecule has 0 saturated carbocycles. The van der Waals surface area contributed by atoms with Crippen molar-refractivity contribution in [2.24, 2.45) is 5.92 Å².